The van der Waals surface area contributed by atoms with Crippen molar-refractivity contribution in [3.8, 4) is 0 Å². The molecule has 3 aliphatic carbocycles. The van der Waals surface area contributed by atoms with E-state index in [1.54, 1.807) is 5.57 Å². The fraction of sp³-hybridized carbons (Fsp3) is 0.278. The van der Waals surface area contributed by atoms with Crippen LogP contribution in [0.3, 0.4) is 0 Å². The van der Waals surface area contributed by atoms with Crippen LogP contribution in [0.5, 0.6) is 0 Å². The van der Waals surface area contributed by atoms with Gasteiger partial charge in [-0.1, -0.05) is 58.0 Å². The van der Waals surface area contributed by atoms with Gasteiger partial charge in [-0.3, -0.25) is 0 Å². The maximum absolute atomic E-state index is 3.56. The highest BCUT2D eigenvalue weighted by Gasteiger charge is 2.22. The molecule has 0 radical (unpaired) electrons. The van der Waals surface area contributed by atoms with Gasteiger partial charge in [0.05, 0.1) is 0 Å². The van der Waals surface area contributed by atoms with Crippen molar-refractivity contribution in [3.05, 3.63) is 76.1 Å². The molecule has 96 valence electrons. The highest BCUT2D eigenvalue weighted by atomic mass is 79.9. The second-order valence-electron chi connectivity index (χ2n) is 4.99. The number of fused-ring (bicyclic) bond motifs is 1. The number of allylic oxidation sites excluding steroid dienone is 11. The zero-order valence-electron chi connectivity index (χ0n) is 11.0. The van der Waals surface area contributed by atoms with Gasteiger partial charge in [-0.2, -0.15) is 0 Å². The van der Waals surface area contributed by atoms with E-state index in [2.05, 4.69) is 58.1 Å². The van der Waals surface area contributed by atoms with E-state index in [1.165, 1.54) is 41.6 Å². The van der Waals surface area contributed by atoms with Gasteiger partial charge in [-0.25, -0.2) is 0 Å². The Balaban J connectivity index is 2.17. The van der Waals surface area contributed by atoms with E-state index in [4.69, 9.17) is 0 Å². The van der Waals surface area contributed by atoms with Gasteiger partial charge < -0.3 is 0 Å². The quantitative estimate of drug-likeness (QED) is 0.453. The van der Waals surface area contributed by atoms with E-state index in [0.717, 1.165) is 11.8 Å². The molecule has 0 bridgehead atoms. The maximum atomic E-state index is 3.56. The average Bonchev–Trinajstić information content (AvgIpc) is 2.74. The third-order valence-corrected chi connectivity index (χ3v) is 4.19. The SMILES string of the molecule is BrCC=C1C2=CC=CC=C=C2CCC2=C1C=CCC2. The van der Waals surface area contributed by atoms with E-state index in [1.807, 2.05) is 6.08 Å². The van der Waals surface area contributed by atoms with Gasteiger partial charge in [0.15, 0.2) is 0 Å². The van der Waals surface area contributed by atoms with E-state index < -0.39 is 0 Å². The molecule has 0 atom stereocenters. The Morgan fingerprint density at radius 1 is 1.21 bits per heavy atom. The molecular formula is C18H17Br. The van der Waals surface area contributed by atoms with Crippen molar-refractivity contribution in [1.82, 2.24) is 0 Å². The lowest BCUT2D eigenvalue weighted by molar-refractivity contribution is 0.840. The van der Waals surface area contributed by atoms with Crippen LogP contribution in [0.1, 0.15) is 25.7 Å². The molecule has 3 aliphatic rings. The van der Waals surface area contributed by atoms with Gasteiger partial charge in [0.25, 0.3) is 0 Å². The summed E-state index contributed by atoms with van der Waals surface area (Å²) in [5.74, 6) is 0. The maximum Gasteiger partial charge on any atom is 0.0221 e. The number of rotatable bonds is 1. The first-order valence-corrected chi connectivity index (χ1v) is 8.00. The van der Waals surface area contributed by atoms with Crippen LogP contribution in [0.4, 0.5) is 0 Å². The molecule has 3 rings (SSSR count). The van der Waals surface area contributed by atoms with Crippen LogP contribution in [-0.2, 0) is 0 Å². The highest BCUT2D eigenvalue weighted by molar-refractivity contribution is 9.09. The Kier molecular flexibility index (Phi) is 3.87. The molecule has 0 aromatic rings. The number of hydrogen-bond acceptors (Lipinski definition) is 0. The lowest BCUT2D eigenvalue weighted by Crippen LogP contribution is -1.98. The van der Waals surface area contributed by atoms with Crippen LogP contribution >= 0.6 is 15.9 Å². The van der Waals surface area contributed by atoms with Crippen molar-refractivity contribution in [2.75, 3.05) is 5.33 Å². The van der Waals surface area contributed by atoms with Crippen LogP contribution in [0.15, 0.2) is 76.1 Å². The minimum Gasteiger partial charge on any atom is -0.117 e. The smallest absolute Gasteiger partial charge is 0.0221 e. The summed E-state index contributed by atoms with van der Waals surface area (Å²) in [5, 5.41) is 0.894. The Morgan fingerprint density at radius 2 is 2.16 bits per heavy atom. The van der Waals surface area contributed by atoms with Crippen molar-refractivity contribution < 1.29 is 0 Å². The molecule has 0 saturated carbocycles. The molecule has 0 nitrogen and oxygen atoms in total. The van der Waals surface area contributed by atoms with Gasteiger partial charge in [0.2, 0.25) is 0 Å². The summed E-state index contributed by atoms with van der Waals surface area (Å²) in [7, 11) is 0. The molecule has 0 fully saturated rings. The van der Waals surface area contributed by atoms with Gasteiger partial charge in [-0.15, -0.1) is 5.73 Å². The van der Waals surface area contributed by atoms with E-state index in [9.17, 15) is 0 Å². The van der Waals surface area contributed by atoms with E-state index in [-0.39, 0.29) is 0 Å². The molecule has 0 N–H and O–H groups in total. The molecule has 0 amide bonds. The van der Waals surface area contributed by atoms with Crippen molar-refractivity contribution in [3.63, 3.8) is 0 Å². The summed E-state index contributed by atoms with van der Waals surface area (Å²) < 4.78 is 0. The van der Waals surface area contributed by atoms with Gasteiger partial charge >= 0.3 is 0 Å². The van der Waals surface area contributed by atoms with E-state index >= 15 is 0 Å². The topological polar surface area (TPSA) is 0 Å². The second-order valence-corrected chi connectivity index (χ2v) is 5.63. The van der Waals surface area contributed by atoms with Crippen molar-refractivity contribution in [1.29, 1.82) is 0 Å². The largest absolute Gasteiger partial charge is 0.117 e. The fourth-order valence-electron chi connectivity index (χ4n) is 2.96. The molecular weight excluding hydrogens is 296 g/mol. The van der Waals surface area contributed by atoms with Gasteiger partial charge in [0, 0.05) is 10.9 Å². The standard InChI is InChI=1S/C18H17Br/c19-13-12-18-16-8-3-1-2-6-14(16)10-11-15-7-4-5-9-17(15)18/h1-3,5,8-9,12H,4,7,10-11,13H2. The molecule has 0 spiro atoms. The second kappa shape index (κ2) is 5.77. The number of alkyl halides is 1. The number of hydrogen-bond donors (Lipinski definition) is 0. The Bertz CT molecular complexity index is 600. The van der Waals surface area contributed by atoms with Crippen LogP contribution in [0.25, 0.3) is 0 Å². The summed E-state index contributed by atoms with van der Waals surface area (Å²) in [4.78, 5) is 0. The monoisotopic (exact) mass is 312 g/mol. The summed E-state index contributed by atoms with van der Waals surface area (Å²) >= 11 is 3.56. The van der Waals surface area contributed by atoms with Gasteiger partial charge in [0.1, 0.15) is 0 Å². The predicted octanol–water partition coefficient (Wildman–Crippen LogP) is 5.33. The summed E-state index contributed by atoms with van der Waals surface area (Å²) in [6.45, 7) is 0. The molecule has 0 heterocycles. The Hall–Kier alpha value is -1.30. The first kappa shape index (κ1) is 12.7. The zero-order chi connectivity index (χ0) is 13.1. The van der Waals surface area contributed by atoms with E-state index in [0.29, 0.717) is 0 Å². The van der Waals surface area contributed by atoms with Crippen LogP contribution in [0, 0.1) is 0 Å². The van der Waals surface area contributed by atoms with Crippen LogP contribution in [-0.4, -0.2) is 5.33 Å². The van der Waals surface area contributed by atoms with Crippen LogP contribution in [0.2, 0.25) is 0 Å². The van der Waals surface area contributed by atoms with Crippen molar-refractivity contribution in [2.24, 2.45) is 0 Å². The highest BCUT2D eigenvalue weighted by Crippen LogP contribution is 2.40. The minimum atomic E-state index is 0.894. The summed E-state index contributed by atoms with van der Waals surface area (Å²) in [6, 6.07) is 0. The minimum absolute atomic E-state index is 0.894. The molecule has 0 unspecified atom stereocenters. The lowest BCUT2D eigenvalue weighted by atomic mass is 9.89. The predicted molar refractivity (Wildman–Crippen MR) is 85.3 cm³/mol. The van der Waals surface area contributed by atoms with Gasteiger partial charge in [-0.05, 0) is 48.5 Å². The molecule has 19 heavy (non-hydrogen) atoms. The first-order chi connectivity index (χ1) is 9.40. The average molecular weight is 313 g/mol. The Morgan fingerprint density at radius 3 is 3.05 bits per heavy atom. The van der Waals surface area contributed by atoms with Crippen LogP contribution < -0.4 is 0 Å². The molecule has 0 aromatic heterocycles. The molecule has 0 aromatic carbocycles. The van der Waals surface area contributed by atoms with Crippen molar-refractivity contribution in [2.45, 2.75) is 25.7 Å². The molecule has 1 heteroatoms. The van der Waals surface area contributed by atoms with Crippen molar-refractivity contribution >= 4 is 15.9 Å². The summed E-state index contributed by atoms with van der Waals surface area (Å²) in [6.07, 6.45) is 20.0. The third-order valence-electron chi connectivity index (χ3n) is 3.87. The Labute approximate surface area is 123 Å². The lowest BCUT2D eigenvalue weighted by Gasteiger charge is -2.16. The number of halogens is 1. The normalized spacial score (nSPS) is 23.5. The molecule has 0 aliphatic heterocycles. The summed E-state index contributed by atoms with van der Waals surface area (Å²) in [5.41, 5.74) is 10.6. The third kappa shape index (κ3) is 2.54. The molecule has 0 saturated heterocycles. The zero-order valence-corrected chi connectivity index (χ0v) is 12.5. The first-order valence-electron chi connectivity index (χ1n) is 6.88. The fourth-order valence-corrected chi connectivity index (χ4v) is 3.29.